The minimum Gasteiger partial charge on any atom is -0.377 e. The standard InChI is InChI=1S/C20H24O5S/c1-3-20(21)11-9-18-17-6-4-13-12-14(25-26(22,23)24)5-7-15(13)16(17)8-10-19(18,20)2/h1,5,7,12,16-18,21H,4,6,8-11H2,2H3,(H,22,23,24)/t16-,17-,18+,19+,20+/m0/s1. The Balaban J connectivity index is 1.65. The molecule has 0 heterocycles. The van der Waals surface area contributed by atoms with Gasteiger partial charge >= 0.3 is 10.4 Å². The van der Waals surface area contributed by atoms with Gasteiger partial charge in [0.25, 0.3) is 0 Å². The van der Waals surface area contributed by atoms with Gasteiger partial charge in [-0.15, -0.1) is 6.42 Å². The molecule has 0 bridgehead atoms. The maximum absolute atomic E-state index is 11.0. The van der Waals surface area contributed by atoms with Crippen molar-refractivity contribution in [3.05, 3.63) is 29.3 Å². The third kappa shape index (κ3) is 2.57. The molecule has 0 amide bonds. The van der Waals surface area contributed by atoms with E-state index in [0.717, 1.165) is 37.7 Å². The predicted molar refractivity (Wildman–Crippen MR) is 97.0 cm³/mol. The highest BCUT2D eigenvalue weighted by molar-refractivity contribution is 7.81. The van der Waals surface area contributed by atoms with Gasteiger partial charge in [0.1, 0.15) is 11.4 Å². The van der Waals surface area contributed by atoms with Crippen molar-refractivity contribution in [1.29, 1.82) is 0 Å². The average molecular weight is 376 g/mol. The van der Waals surface area contributed by atoms with Crippen LogP contribution in [0.1, 0.15) is 56.1 Å². The molecule has 0 aromatic heterocycles. The minimum atomic E-state index is -4.51. The lowest BCUT2D eigenvalue weighted by Gasteiger charge is -2.52. The van der Waals surface area contributed by atoms with Crippen LogP contribution in [-0.2, 0) is 16.8 Å². The lowest BCUT2D eigenvalue weighted by molar-refractivity contribution is -0.0646. The molecular weight excluding hydrogens is 352 g/mol. The van der Waals surface area contributed by atoms with Crippen LogP contribution in [0.2, 0.25) is 0 Å². The van der Waals surface area contributed by atoms with E-state index in [4.69, 9.17) is 11.0 Å². The van der Waals surface area contributed by atoms with E-state index in [1.54, 1.807) is 12.1 Å². The molecule has 0 radical (unpaired) electrons. The molecule has 2 fully saturated rings. The number of rotatable bonds is 2. The summed E-state index contributed by atoms with van der Waals surface area (Å²) < 4.78 is 35.4. The third-order valence-corrected chi connectivity index (χ3v) is 7.69. The van der Waals surface area contributed by atoms with Crippen molar-refractivity contribution < 1.29 is 22.3 Å². The van der Waals surface area contributed by atoms with E-state index in [-0.39, 0.29) is 11.2 Å². The van der Waals surface area contributed by atoms with Gasteiger partial charge in [0, 0.05) is 5.41 Å². The molecule has 0 aliphatic heterocycles. The number of benzene rings is 1. The molecule has 2 N–H and O–H groups in total. The molecule has 6 heteroatoms. The number of hydrogen-bond donors (Lipinski definition) is 2. The summed E-state index contributed by atoms with van der Waals surface area (Å²) in [6, 6.07) is 5.26. The Morgan fingerprint density at radius 1 is 1.27 bits per heavy atom. The first-order chi connectivity index (χ1) is 12.2. The molecule has 26 heavy (non-hydrogen) atoms. The fourth-order valence-electron chi connectivity index (χ4n) is 5.99. The Bertz CT molecular complexity index is 886. The number of hydrogen-bond acceptors (Lipinski definition) is 4. The quantitative estimate of drug-likeness (QED) is 0.612. The van der Waals surface area contributed by atoms with Gasteiger partial charge in [-0.2, -0.15) is 8.42 Å². The molecule has 140 valence electrons. The first kappa shape index (κ1) is 17.8. The van der Waals surface area contributed by atoms with Crippen molar-refractivity contribution in [3.63, 3.8) is 0 Å². The zero-order valence-electron chi connectivity index (χ0n) is 14.8. The smallest absolute Gasteiger partial charge is 0.377 e. The molecule has 3 aliphatic rings. The minimum absolute atomic E-state index is 0.146. The maximum atomic E-state index is 11.0. The average Bonchev–Trinajstić information content (AvgIpc) is 2.85. The SMILES string of the molecule is C#C[C@@]1(O)CC[C@@H]2[C@H]3CCc4cc(OS(=O)(=O)O)ccc4[C@@H]3CC[C@]21C. The molecule has 2 saturated carbocycles. The summed E-state index contributed by atoms with van der Waals surface area (Å²) in [5, 5.41) is 11.0. The Kier molecular flexibility index (Phi) is 3.93. The molecular formula is C20H24O5S. The van der Waals surface area contributed by atoms with E-state index >= 15 is 0 Å². The van der Waals surface area contributed by atoms with Gasteiger partial charge in [0.05, 0.1) is 0 Å². The first-order valence-corrected chi connectivity index (χ1v) is 10.5. The molecule has 3 aliphatic carbocycles. The topological polar surface area (TPSA) is 83.8 Å². The van der Waals surface area contributed by atoms with E-state index in [1.165, 1.54) is 5.56 Å². The second-order valence-corrected chi connectivity index (χ2v) is 9.31. The van der Waals surface area contributed by atoms with E-state index < -0.39 is 16.0 Å². The van der Waals surface area contributed by atoms with Crippen molar-refractivity contribution in [2.45, 2.75) is 57.0 Å². The number of aryl methyl sites for hydroxylation is 1. The van der Waals surface area contributed by atoms with Crippen LogP contribution < -0.4 is 4.18 Å². The van der Waals surface area contributed by atoms with Gasteiger partial charge in [-0.3, -0.25) is 4.55 Å². The third-order valence-electron chi connectivity index (χ3n) is 7.29. The van der Waals surface area contributed by atoms with E-state index in [1.807, 2.05) is 6.07 Å². The lowest BCUT2D eigenvalue weighted by atomic mass is 9.53. The highest BCUT2D eigenvalue weighted by Crippen LogP contribution is 2.64. The Morgan fingerprint density at radius 3 is 2.73 bits per heavy atom. The zero-order valence-corrected chi connectivity index (χ0v) is 15.6. The second kappa shape index (κ2) is 5.72. The maximum Gasteiger partial charge on any atom is 0.446 e. The molecule has 1 aromatic carbocycles. The van der Waals surface area contributed by atoms with Crippen LogP contribution in [0, 0.1) is 29.6 Å². The molecule has 0 spiro atoms. The number of terminal acetylenes is 1. The van der Waals surface area contributed by atoms with E-state index in [0.29, 0.717) is 24.2 Å². The summed E-state index contributed by atoms with van der Waals surface area (Å²) in [5.74, 6) is 4.12. The monoisotopic (exact) mass is 376 g/mol. The van der Waals surface area contributed by atoms with Gasteiger partial charge in [0.2, 0.25) is 0 Å². The molecule has 5 atom stereocenters. The summed E-state index contributed by atoms with van der Waals surface area (Å²) in [4.78, 5) is 0. The van der Waals surface area contributed by atoms with Crippen molar-refractivity contribution in [2.75, 3.05) is 0 Å². The van der Waals surface area contributed by atoms with Gasteiger partial charge in [-0.05, 0) is 79.5 Å². The van der Waals surface area contributed by atoms with Crippen LogP contribution in [0.15, 0.2) is 18.2 Å². The van der Waals surface area contributed by atoms with Crippen molar-refractivity contribution in [2.24, 2.45) is 17.3 Å². The normalized spacial score (nSPS) is 38.6. The summed E-state index contributed by atoms with van der Waals surface area (Å²) in [6.45, 7) is 2.15. The zero-order chi connectivity index (χ0) is 18.7. The van der Waals surface area contributed by atoms with E-state index in [9.17, 15) is 13.5 Å². The van der Waals surface area contributed by atoms with Crippen molar-refractivity contribution in [1.82, 2.24) is 0 Å². The summed E-state index contributed by atoms with van der Waals surface area (Å²) >= 11 is 0. The number of aliphatic hydroxyl groups is 1. The van der Waals surface area contributed by atoms with Gasteiger partial charge in [-0.25, -0.2) is 0 Å². The van der Waals surface area contributed by atoms with Gasteiger partial charge in [-0.1, -0.05) is 18.9 Å². The van der Waals surface area contributed by atoms with Crippen LogP contribution in [-0.4, -0.2) is 23.7 Å². The fraction of sp³-hybridized carbons (Fsp3) is 0.600. The van der Waals surface area contributed by atoms with Crippen molar-refractivity contribution in [3.8, 4) is 18.1 Å². The van der Waals surface area contributed by atoms with Crippen LogP contribution in [0.4, 0.5) is 0 Å². The highest BCUT2D eigenvalue weighted by Gasteiger charge is 2.61. The van der Waals surface area contributed by atoms with Crippen molar-refractivity contribution >= 4 is 10.4 Å². The second-order valence-electron chi connectivity index (χ2n) is 8.29. The largest absolute Gasteiger partial charge is 0.446 e. The van der Waals surface area contributed by atoms with Crippen LogP contribution in [0.25, 0.3) is 0 Å². The molecule has 5 nitrogen and oxygen atoms in total. The molecule has 0 unspecified atom stereocenters. The number of fused-ring (bicyclic) bond motifs is 5. The highest BCUT2D eigenvalue weighted by atomic mass is 32.3. The fourth-order valence-corrected chi connectivity index (χ4v) is 6.33. The van der Waals surface area contributed by atoms with Gasteiger partial charge < -0.3 is 9.29 Å². The van der Waals surface area contributed by atoms with Gasteiger partial charge in [0.15, 0.2) is 0 Å². The summed E-state index contributed by atoms with van der Waals surface area (Å²) in [6.07, 6.45) is 11.0. The Labute approximate surface area is 154 Å². The lowest BCUT2D eigenvalue weighted by Crippen LogP contribution is -2.50. The molecule has 0 saturated heterocycles. The predicted octanol–water partition coefficient (Wildman–Crippen LogP) is 3.09. The van der Waals surface area contributed by atoms with Crippen LogP contribution in [0.3, 0.4) is 0 Å². The Morgan fingerprint density at radius 2 is 2.04 bits per heavy atom. The van der Waals surface area contributed by atoms with Crippen LogP contribution >= 0.6 is 0 Å². The van der Waals surface area contributed by atoms with Crippen LogP contribution in [0.5, 0.6) is 5.75 Å². The summed E-state index contributed by atoms with van der Waals surface area (Å²) in [7, 11) is -4.51. The molecule has 1 aromatic rings. The van der Waals surface area contributed by atoms with E-state index in [2.05, 4.69) is 17.0 Å². The summed E-state index contributed by atoms with van der Waals surface area (Å²) in [5.41, 5.74) is 1.09. The Hall–Kier alpha value is -1.55. The first-order valence-electron chi connectivity index (χ1n) is 9.17. The molecule has 4 rings (SSSR count).